The van der Waals surface area contributed by atoms with Crippen molar-refractivity contribution in [1.82, 2.24) is 14.9 Å². The van der Waals surface area contributed by atoms with Gasteiger partial charge in [-0.25, -0.2) is 0 Å². The van der Waals surface area contributed by atoms with Crippen LogP contribution in [0.5, 0.6) is 5.75 Å². The maximum Gasteiger partial charge on any atom is 0.119 e. The molecule has 0 saturated carbocycles. The molecule has 1 N–H and O–H groups in total. The summed E-state index contributed by atoms with van der Waals surface area (Å²) in [6.07, 6.45) is 2.96. The van der Waals surface area contributed by atoms with Crippen molar-refractivity contribution in [2.45, 2.75) is 39.2 Å². The molecule has 0 fully saturated rings. The number of ether oxygens (including phenoxy) is 1. The predicted octanol–water partition coefficient (Wildman–Crippen LogP) is 3.39. The lowest BCUT2D eigenvalue weighted by molar-refractivity contribution is 0.414. The topological polar surface area (TPSA) is 47.0 Å². The van der Waals surface area contributed by atoms with E-state index < -0.39 is 0 Å². The lowest BCUT2D eigenvalue weighted by Gasteiger charge is -2.18. The van der Waals surface area contributed by atoms with Gasteiger partial charge in [0, 0.05) is 6.04 Å². The molecule has 0 spiro atoms. The quantitative estimate of drug-likeness (QED) is 0.812. The van der Waals surface area contributed by atoms with Gasteiger partial charge in [0.15, 0.2) is 0 Å². The first kappa shape index (κ1) is 15.9. The Hall–Kier alpha value is -1.46. The molecule has 1 aromatic heterocycles. The fourth-order valence-electron chi connectivity index (χ4n) is 2.34. The van der Waals surface area contributed by atoms with Crippen LogP contribution in [-0.4, -0.2) is 23.2 Å². The molecule has 1 atom stereocenters. The Balaban J connectivity index is 2.19. The van der Waals surface area contributed by atoms with E-state index in [9.17, 15) is 0 Å². The zero-order valence-corrected chi connectivity index (χ0v) is 13.7. The van der Waals surface area contributed by atoms with E-state index in [0.29, 0.717) is 0 Å². The van der Waals surface area contributed by atoms with E-state index in [1.807, 2.05) is 12.1 Å². The molecule has 1 heterocycles. The van der Waals surface area contributed by atoms with E-state index in [-0.39, 0.29) is 6.04 Å². The molecule has 4 nitrogen and oxygen atoms in total. The molecule has 0 amide bonds. The monoisotopic (exact) mass is 305 g/mol. The average Bonchev–Trinajstić information content (AvgIpc) is 3.00. The summed E-state index contributed by atoms with van der Waals surface area (Å²) in [5, 5.41) is 7.86. The fraction of sp³-hybridized carbons (Fsp3) is 0.500. The Morgan fingerprint density at radius 1 is 1.33 bits per heavy atom. The number of hydrogen-bond acceptors (Lipinski definition) is 5. The molecule has 0 aliphatic heterocycles. The first-order valence-electron chi connectivity index (χ1n) is 7.45. The minimum atomic E-state index is 0.270. The Morgan fingerprint density at radius 3 is 2.90 bits per heavy atom. The second-order valence-corrected chi connectivity index (χ2v) is 5.79. The summed E-state index contributed by atoms with van der Waals surface area (Å²) in [6, 6.07) is 8.52. The first-order valence-corrected chi connectivity index (χ1v) is 8.23. The molecule has 1 unspecified atom stereocenters. The molecule has 0 saturated heterocycles. The van der Waals surface area contributed by atoms with Crippen LogP contribution in [0.2, 0.25) is 0 Å². The lowest BCUT2D eigenvalue weighted by atomic mass is 10.0. The van der Waals surface area contributed by atoms with Crippen molar-refractivity contribution >= 4 is 11.5 Å². The Kier molecular flexibility index (Phi) is 6.14. The number of benzene rings is 1. The second-order valence-electron chi connectivity index (χ2n) is 5.00. The Bertz CT molecular complexity index is 556. The van der Waals surface area contributed by atoms with Gasteiger partial charge >= 0.3 is 0 Å². The van der Waals surface area contributed by atoms with Gasteiger partial charge in [-0.2, -0.15) is 0 Å². The van der Waals surface area contributed by atoms with E-state index >= 15 is 0 Å². The summed E-state index contributed by atoms with van der Waals surface area (Å²) < 4.78 is 9.43. The minimum absolute atomic E-state index is 0.270. The van der Waals surface area contributed by atoms with Gasteiger partial charge in [-0.3, -0.25) is 0 Å². The molecule has 21 heavy (non-hydrogen) atoms. The summed E-state index contributed by atoms with van der Waals surface area (Å²) in [5.74, 6) is 0.903. The summed E-state index contributed by atoms with van der Waals surface area (Å²) in [5.41, 5.74) is 2.37. The molecule has 2 aromatic rings. The van der Waals surface area contributed by atoms with Crippen LogP contribution in [0.4, 0.5) is 0 Å². The number of rotatable bonds is 8. The van der Waals surface area contributed by atoms with E-state index in [2.05, 4.69) is 40.9 Å². The zero-order chi connectivity index (χ0) is 15.1. The van der Waals surface area contributed by atoms with Crippen molar-refractivity contribution < 1.29 is 4.74 Å². The van der Waals surface area contributed by atoms with E-state index in [1.165, 1.54) is 22.0 Å². The number of aryl methyl sites for hydroxylation is 1. The highest BCUT2D eigenvalue weighted by Gasteiger charge is 2.18. The van der Waals surface area contributed by atoms with Crippen molar-refractivity contribution in [1.29, 1.82) is 0 Å². The van der Waals surface area contributed by atoms with Crippen molar-refractivity contribution in [3.63, 3.8) is 0 Å². The zero-order valence-electron chi connectivity index (χ0n) is 12.9. The highest BCUT2D eigenvalue weighted by molar-refractivity contribution is 7.05. The molecule has 1 aromatic carbocycles. The highest BCUT2D eigenvalue weighted by Crippen LogP contribution is 2.26. The maximum atomic E-state index is 5.31. The molecule has 0 aliphatic rings. The van der Waals surface area contributed by atoms with Crippen LogP contribution in [0.1, 0.15) is 42.4 Å². The molecule has 0 bridgehead atoms. The van der Waals surface area contributed by atoms with Crippen LogP contribution >= 0.6 is 11.5 Å². The number of aromatic nitrogens is 2. The van der Waals surface area contributed by atoms with Gasteiger partial charge < -0.3 is 10.1 Å². The van der Waals surface area contributed by atoms with Crippen molar-refractivity contribution in [2.75, 3.05) is 13.7 Å². The summed E-state index contributed by atoms with van der Waals surface area (Å²) in [4.78, 5) is 1.26. The summed E-state index contributed by atoms with van der Waals surface area (Å²) >= 11 is 1.51. The van der Waals surface area contributed by atoms with Crippen molar-refractivity contribution in [2.24, 2.45) is 0 Å². The van der Waals surface area contributed by atoms with Crippen LogP contribution in [-0.2, 0) is 12.8 Å². The van der Waals surface area contributed by atoms with Gasteiger partial charge in [-0.1, -0.05) is 30.5 Å². The van der Waals surface area contributed by atoms with Crippen LogP contribution in [0, 0.1) is 0 Å². The number of nitrogens with zero attached hydrogens (tertiary/aromatic N) is 2. The van der Waals surface area contributed by atoms with Crippen LogP contribution in [0.25, 0.3) is 0 Å². The van der Waals surface area contributed by atoms with Crippen LogP contribution in [0.15, 0.2) is 24.3 Å². The highest BCUT2D eigenvalue weighted by atomic mass is 32.1. The van der Waals surface area contributed by atoms with E-state index in [0.717, 1.165) is 37.3 Å². The standard InChI is InChI=1S/C16H23N3OS/c1-4-9-17-15(16-14(5-2)18-19-21-16)11-12-7-6-8-13(10-12)20-3/h6-8,10,15,17H,4-5,9,11H2,1-3H3. The van der Waals surface area contributed by atoms with Gasteiger partial charge in [0.1, 0.15) is 5.75 Å². The van der Waals surface area contributed by atoms with Gasteiger partial charge in [0.05, 0.1) is 17.7 Å². The van der Waals surface area contributed by atoms with Gasteiger partial charge in [-0.15, -0.1) is 5.10 Å². The van der Waals surface area contributed by atoms with Gasteiger partial charge in [0.2, 0.25) is 0 Å². The third-order valence-corrected chi connectivity index (χ3v) is 4.33. The molecular formula is C16H23N3OS. The largest absolute Gasteiger partial charge is 0.497 e. The second kappa shape index (κ2) is 8.10. The Labute approximate surface area is 130 Å². The van der Waals surface area contributed by atoms with Crippen molar-refractivity contribution in [3.05, 3.63) is 40.4 Å². The number of nitrogens with one attached hydrogen (secondary N) is 1. The Morgan fingerprint density at radius 2 is 2.19 bits per heavy atom. The molecule has 0 aliphatic carbocycles. The van der Waals surface area contributed by atoms with Gasteiger partial charge in [-0.05, 0) is 55.0 Å². The third-order valence-electron chi connectivity index (χ3n) is 3.45. The minimum Gasteiger partial charge on any atom is -0.497 e. The lowest BCUT2D eigenvalue weighted by Crippen LogP contribution is -2.24. The molecule has 114 valence electrons. The van der Waals surface area contributed by atoms with Crippen LogP contribution < -0.4 is 10.1 Å². The fourth-order valence-corrected chi connectivity index (χ4v) is 3.15. The molecule has 5 heteroatoms. The summed E-state index contributed by atoms with van der Waals surface area (Å²) in [6.45, 7) is 5.31. The van der Waals surface area contributed by atoms with Crippen molar-refractivity contribution in [3.8, 4) is 5.75 Å². The number of hydrogen-bond donors (Lipinski definition) is 1. The average molecular weight is 305 g/mol. The molecule has 0 radical (unpaired) electrons. The van der Waals surface area contributed by atoms with Crippen LogP contribution in [0.3, 0.4) is 0 Å². The maximum absolute atomic E-state index is 5.31. The predicted molar refractivity (Wildman–Crippen MR) is 87.0 cm³/mol. The van der Waals surface area contributed by atoms with E-state index in [4.69, 9.17) is 4.74 Å². The number of methoxy groups -OCH3 is 1. The third kappa shape index (κ3) is 4.25. The normalized spacial score (nSPS) is 12.3. The first-order chi connectivity index (χ1) is 10.3. The summed E-state index contributed by atoms with van der Waals surface area (Å²) in [7, 11) is 1.70. The van der Waals surface area contributed by atoms with E-state index in [1.54, 1.807) is 7.11 Å². The van der Waals surface area contributed by atoms with Gasteiger partial charge in [0.25, 0.3) is 0 Å². The smallest absolute Gasteiger partial charge is 0.119 e. The molecular weight excluding hydrogens is 282 g/mol. The SMILES string of the molecule is CCCNC(Cc1cccc(OC)c1)c1snnc1CC. The molecule has 2 rings (SSSR count).